The summed E-state index contributed by atoms with van der Waals surface area (Å²) in [5.41, 5.74) is 11.1. The molecule has 6 heteroatoms. The van der Waals surface area contributed by atoms with Crippen LogP contribution < -0.4 is 5.73 Å². The fourth-order valence-electron chi connectivity index (χ4n) is 2.93. The molecule has 3 heterocycles. The predicted octanol–water partition coefficient (Wildman–Crippen LogP) is 3.36. The minimum absolute atomic E-state index is 0.0218. The molecule has 5 nitrogen and oxygen atoms in total. The highest BCUT2D eigenvalue weighted by Gasteiger charge is 2.30. The van der Waals surface area contributed by atoms with Gasteiger partial charge in [0.1, 0.15) is 17.4 Å². The minimum atomic E-state index is 0.0218. The van der Waals surface area contributed by atoms with Crippen molar-refractivity contribution in [3.8, 4) is 5.69 Å². The zero-order chi connectivity index (χ0) is 14.6. The summed E-state index contributed by atoms with van der Waals surface area (Å²) in [6.07, 6.45) is 1.53. The number of nitrogens with two attached hydrogens (primary N) is 1. The van der Waals surface area contributed by atoms with Crippen molar-refractivity contribution in [2.45, 2.75) is 19.6 Å². The SMILES string of the molecule is CC1OCc2c1c1ncnc(N)c1n2-c1ccc(Br)cc1. The van der Waals surface area contributed by atoms with Gasteiger partial charge in [0.05, 0.1) is 18.4 Å². The lowest BCUT2D eigenvalue weighted by Gasteiger charge is -2.10. The summed E-state index contributed by atoms with van der Waals surface area (Å²) in [6.45, 7) is 2.60. The summed E-state index contributed by atoms with van der Waals surface area (Å²) < 4.78 is 8.91. The number of fused-ring (bicyclic) bond motifs is 3. The summed E-state index contributed by atoms with van der Waals surface area (Å²) in [5, 5.41) is 0. The van der Waals surface area contributed by atoms with Crippen molar-refractivity contribution < 1.29 is 4.74 Å². The number of anilines is 1. The summed E-state index contributed by atoms with van der Waals surface area (Å²) in [4.78, 5) is 8.57. The Morgan fingerprint density at radius 1 is 1.29 bits per heavy atom. The fraction of sp³-hybridized carbons (Fsp3) is 0.200. The zero-order valence-corrected chi connectivity index (χ0v) is 13.0. The van der Waals surface area contributed by atoms with Crippen LogP contribution in [0.1, 0.15) is 24.3 Å². The molecule has 1 aromatic carbocycles. The van der Waals surface area contributed by atoms with Crippen LogP contribution >= 0.6 is 15.9 Å². The summed E-state index contributed by atoms with van der Waals surface area (Å²) in [7, 11) is 0. The second kappa shape index (κ2) is 4.54. The molecule has 1 aliphatic heterocycles. The Balaban J connectivity index is 2.11. The van der Waals surface area contributed by atoms with E-state index < -0.39 is 0 Å². The normalized spacial score (nSPS) is 17.3. The Morgan fingerprint density at radius 2 is 2.05 bits per heavy atom. The van der Waals surface area contributed by atoms with Gasteiger partial charge in [-0.05, 0) is 31.2 Å². The van der Waals surface area contributed by atoms with E-state index in [9.17, 15) is 0 Å². The molecule has 1 aliphatic rings. The molecule has 0 radical (unpaired) electrons. The quantitative estimate of drug-likeness (QED) is 0.735. The molecule has 2 N–H and O–H groups in total. The topological polar surface area (TPSA) is 66.0 Å². The number of halogens is 1. The molecular formula is C15H13BrN4O. The third-order valence-corrected chi connectivity index (χ3v) is 4.40. The van der Waals surface area contributed by atoms with E-state index in [1.165, 1.54) is 6.33 Å². The van der Waals surface area contributed by atoms with Crippen LogP contribution in [0.5, 0.6) is 0 Å². The van der Waals surface area contributed by atoms with Crippen molar-refractivity contribution in [1.82, 2.24) is 14.5 Å². The second-order valence-electron chi connectivity index (χ2n) is 5.08. The van der Waals surface area contributed by atoms with Gasteiger partial charge in [-0.15, -0.1) is 0 Å². The first-order valence-corrected chi connectivity index (χ1v) is 7.47. The fourth-order valence-corrected chi connectivity index (χ4v) is 3.20. The van der Waals surface area contributed by atoms with E-state index in [4.69, 9.17) is 10.5 Å². The summed E-state index contributed by atoms with van der Waals surface area (Å²) in [5.74, 6) is 0.490. The van der Waals surface area contributed by atoms with E-state index >= 15 is 0 Å². The molecule has 0 fully saturated rings. The summed E-state index contributed by atoms with van der Waals surface area (Å²) >= 11 is 3.46. The van der Waals surface area contributed by atoms with Crippen LogP contribution in [0, 0.1) is 0 Å². The Hall–Kier alpha value is -1.92. The molecule has 0 saturated heterocycles. The largest absolute Gasteiger partial charge is 0.382 e. The molecule has 0 amide bonds. The summed E-state index contributed by atoms with van der Waals surface area (Å²) in [6, 6.07) is 8.10. The highest BCUT2D eigenvalue weighted by atomic mass is 79.9. The van der Waals surface area contributed by atoms with E-state index in [-0.39, 0.29) is 6.10 Å². The van der Waals surface area contributed by atoms with Crippen molar-refractivity contribution in [2.75, 3.05) is 5.73 Å². The van der Waals surface area contributed by atoms with Gasteiger partial charge in [0.25, 0.3) is 0 Å². The molecule has 3 aromatic rings. The lowest BCUT2D eigenvalue weighted by molar-refractivity contribution is 0.0783. The van der Waals surface area contributed by atoms with E-state index in [1.807, 2.05) is 31.2 Å². The standard InChI is InChI=1S/C15H13BrN4O/c1-8-12-11(6-21-8)20(10-4-2-9(16)3-5-10)14-13(12)18-7-19-15(14)17/h2-5,7-8H,6H2,1H3,(H2,17,18,19). The number of rotatable bonds is 1. The van der Waals surface area contributed by atoms with E-state index in [1.54, 1.807) is 0 Å². The maximum atomic E-state index is 6.11. The van der Waals surface area contributed by atoms with Crippen molar-refractivity contribution in [1.29, 1.82) is 0 Å². The van der Waals surface area contributed by atoms with Crippen LogP contribution in [-0.2, 0) is 11.3 Å². The molecule has 0 saturated carbocycles. The molecule has 2 aromatic heterocycles. The van der Waals surface area contributed by atoms with Gasteiger partial charge in [-0.3, -0.25) is 0 Å². The Kier molecular flexibility index (Phi) is 2.77. The number of hydrogen-bond acceptors (Lipinski definition) is 4. The highest BCUT2D eigenvalue weighted by Crippen LogP contribution is 2.40. The number of benzene rings is 1. The first kappa shape index (κ1) is 12.8. The highest BCUT2D eigenvalue weighted by molar-refractivity contribution is 9.10. The second-order valence-corrected chi connectivity index (χ2v) is 6.00. The molecule has 0 bridgehead atoms. The number of nitrogen functional groups attached to an aromatic ring is 1. The molecular weight excluding hydrogens is 332 g/mol. The van der Waals surface area contributed by atoms with Gasteiger partial charge in [-0.2, -0.15) is 0 Å². The number of aromatic nitrogens is 3. The molecule has 21 heavy (non-hydrogen) atoms. The Labute approximate surface area is 129 Å². The van der Waals surface area contributed by atoms with Crippen LogP contribution in [0.3, 0.4) is 0 Å². The predicted molar refractivity (Wildman–Crippen MR) is 84.2 cm³/mol. The first-order valence-electron chi connectivity index (χ1n) is 6.68. The molecule has 106 valence electrons. The van der Waals surface area contributed by atoms with Crippen molar-refractivity contribution >= 4 is 32.8 Å². The molecule has 1 atom stereocenters. The van der Waals surface area contributed by atoms with E-state index in [2.05, 4.69) is 30.5 Å². The molecule has 1 unspecified atom stereocenters. The first-order chi connectivity index (χ1) is 10.2. The van der Waals surface area contributed by atoms with Gasteiger partial charge in [0, 0.05) is 15.7 Å². The number of hydrogen-bond donors (Lipinski definition) is 1. The molecule has 0 aliphatic carbocycles. The molecule has 4 rings (SSSR count). The Morgan fingerprint density at radius 3 is 2.81 bits per heavy atom. The van der Waals surface area contributed by atoms with Crippen LogP contribution in [-0.4, -0.2) is 14.5 Å². The van der Waals surface area contributed by atoms with Gasteiger partial charge in [-0.1, -0.05) is 15.9 Å². The average molecular weight is 345 g/mol. The monoisotopic (exact) mass is 344 g/mol. The zero-order valence-electron chi connectivity index (χ0n) is 11.4. The maximum absolute atomic E-state index is 6.11. The average Bonchev–Trinajstić information content (AvgIpc) is 3.00. The van der Waals surface area contributed by atoms with Gasteiger partial charge >= 0.3 is 0 Å². The van der Waals surface area contributed by atoms with Gasteiger partial charge < -0.3 is 15.0 Å². The lowest BCUT2D eigenvalue weighted by atomic mass is 10.1. The van der Waals surface area contributed by atoms with Crippen LogP contribution in [0.2, 0.25) is 0 Å². The van der Waals surface area contributed by atoms with Gasteiger partial charge in [0.15, 0.2) is 5.82 Å². The third-order valence-electron chi connectivity index (χ3n) is 3.87. The van der Waals surface area contributed by atoms with Crippen LogP contribution in [0.15, 0.2) is 35.1 Å². The van der Waals surface area contributed by atoms with Crippen molar-refractivity contribution in [2.24, 2.45) is 0 Å². The third kappa shape index (κ3) is 1.79. The van der Waals surface area contributed by atoms with Crippen LogP contribution in [0.25, 0.3) is 16.7 Å². The Bertz CT molecular complexity index is 841. The minimum Gasteiger partial charge on any atom is -0.382 e. The van der Waals surface area contributed by atoms with Gasteiger partial charge in [-0.25, -0.2) is 9.97 Å². The van der Waals surface area contributed by atoms with E-state index in [0.29, 0.717) is 12.4 Å². The van der Waals surface area contributed by atoms with Crippen molar-refractivity contribution in [3.63, 3.8) is 0 Å². The van der Waals surface area contributed by atoms with Crippen LogP contribution in [0.4, 0.5) is 5.82 Å². The van der Waals surface area contributed by atoms with E-state index in [0.717, 1.165) is 32.5 Å². The number of ether oxygens (including phenoxy) is 1. The smallest absolute Gasteiger partial charge is 0.151 e. The van der Waals surface area contributed by atoms with Gasteiger partial charge in [0.2, 0.25) is 0 Å². The van der Waals surface area contributed by atoms with Crippen molar-refractivity contribution in [3.05, 3.63) is 46.3 Å². The maximum Gasteiger partial charge on any atom is 0.151 e. The lowest BCUT2D eigenvalue weighted by Crippen LogP contribution is -2.03. The molecule has 0 spiro atoms. The number of nitrogens with zero attached hydrogens (tertiary/aromatic N) is 3.